The Hall–Kier alpha value is -0.770. The van der Waals surface area contributed by atoms with E-state index >= 15 is 0 Å². The number of phenols is 1. The van der Waals surface area contributed by atoms with Gasteiger partial charge in [-0.3, -0.25) is 0 Å². The van der Waals surface area contributed by atoms with Gasteiger partial charge in [-0.15, -0.1) is 0 Å². The zero-order valence-corrected chi connectivity index (χ0v) is 8.06. The fourth-order valence-electron chi connectivity index (χ4n) is 0.784. The van der Waals surface area contributed by atoms with E-state index in [2.05, 4.69) is 15.9 Å². The monoisotopic (exact) mass is 234 g/mol. The van der Waals surface area contributed by atoms with Crippen LogP contribution in [-0.2, 0) is 0 Å². The lowest BCUT2D eigenvalue weighted by Gasteiger charge is -2.05. The largest absolute Gasteiger partial charge is 0.505 e. The van der Waals surface area contributed by atoms with Crippen molar-refractivity contribution < 1.29 is 14.2 Å². The highest BCUT2D eigenvalue weighted by atomic mass is 79.9. The number of hydrogen-bond donors (Lipinski definition) is 1. The fraction of sp³-hybridized carbons (Fsp3) is 0.250. The molecule has 0 spiro atoms. The van der Waals surface area contributed by atoms with E-state index in [9.17, 15) is 4.39 Å². The molecule has 0 amide bonds. The van der Waals surface area contributed by atoms with E-state index < -0.39 is 5.82 Å². The standard InChI is InChI=1S/C8H8BrFO2/c1-2-12-8-4-6(10)7(11)3-5(8)9/h3-4,11H,2H2,1H3. The normalized spacial score (nSPS) is 9.92. The van der Waals surface area contributed by atoms with E-state index in [4.69, 9.17) is 9.84 Å². The molecular formula is C8H8BrFO2. The third-order valence-corrected chi connectivity index (χ3v) is 1.92. The Bertz CT molecular complexity index is 289. The van der Waals surface area contributed by atoms with Crippen molar-refractivity contribution in [2.45, 2.75) is 6.92 Å². The van der Waals surface area contributed by atoms with Crippen LogP contribution in [0.2, 0.25) is 0 Å². The van der Waals surface area contributed by atoms with Crippen LogP contribution < -0.4 is 4.74 Å². The number of hydrogen-bond acceptors (Lipinski definition) is 2. The highest BCUT2D eigenvalue weighted by Gasteiger charge is 2.07. The Balaban J connectivity index is 3.05. The molecule has 0 aromatic heterocycles. The molecule has 0 fully saturated rings. The SMILES string of the molecule is CCOc1cc(F)c(O)cc1Br. The summed E-state index contributed by atoms with van der Waals surface area (Å²) in [7, 11) is 0. The summed E-state index contributed by atoms with van der Waals surface area (Å²) >= 11 is 3.13. The summed E-state index contributed by atoms with van der Waals surface area (Å²) in [6.45, 7) is 2.26. The van der Waals surface area contributed by atoms with Crippen LogP contribution in [0.15, 0.2) is 16.6 Å². The van der Waals surface area contributed by atoms with Crippen molar-refractivity contribution in [2.75, 3.05) is 6.61 Å². The molecular weight excluding hydrogens is 227 g/mol. The average Bonchev–Trinajstić information content (AvgIpc) is 2.01. The van der Waals surface area contributed by atoms with Crippen molar-refractivity contribution in [3.8, 4) is 11.5 Å². The third kappa shape index (κ3) is 1.88. The molecule has 0 aliphatic heterocycles. The second-order valence-corrected chi connectivity index (χ2v) is 3.02. The molecule has 1 rings (SSSR count). The van der Waals surface area contributed by atoms with Crippen LogP contribution in [0.3, 0.4) is 0 Å². The van der Waals surface area contributed by atoms with Crippen LogP contribution in [0.1, 0.15) is 6.92 Å². The fourth-order valence-corrected chi connectivity index (χ4v) is 1.23. The summed E-state index contributed by atoms with van der Waals surface area (Å²) in [5.74, 6) is -0.667. The summed E-state index contributed by atoms with van der Waals surface area (Å²) in [6, 6.07) is 2.41. The Kier molecular flexibility index (Phi) is 2.92. The summed E-state index contributed by atoms with van der Waals surface area (Å²) in [4.78, 5) is 0. The average molecular weight is 235 g/mol. The maximum Gasteiger partial charge on any atom is 0.168 e. The molecule has 12 heavy (non-hydrogen) atoms. The van der Waals surface area contributed by atoms with Crippen LogP contribution in [-0.4, -0.2) is 11.7 Å². The van der Waals surface area contributed by atoms with Gasteiger partial charge in [0.25, 0.3) is 0 Å². The van der Waals surface area contributed by atoms with Gasteiger partial charge in [0.1, 0.15) is 5.75 Å². The number of aromatic hydroxyl groups is 1. The molecule has 0 saturated carbocycles. The van der Waals surface area contributed by atoms with E-state index in [0.717, 1.165) is 6.07 Å². The second-order valence-electron chi connectivity index (χ2n) is 2.17. The highest BCUT2D eigenvalue weighted by Crippen LogP contribution is 2.31. The Labute approximate surface area is 78.1 Å². The molecule has 4 heteroatoms. The summed E-state index contributed by atoms with van der Waals surface area (Å²) in [5, 5.41) is 8.93. The minimum absolute atomic E-state index is 0.384. The van der Waals surface area contributed by atoms with Crippen LogP contribution >= 0.6 is 15.9 Å². The van der Waals surface area contributed by atoms with E-state index in [1.165, 1.54) is 6.07 Å². The molecule has 0 unspecified atom stereocenters. The van der Waals surface area contributed by atoms with Gasteiger partial charge in [0.05, 0.1) is 11.1 Å². The molecule has 0 bridgehead atoms. The number of benzene rings is 1. The smallest absolute Gasteiger partial charge is 0.168 e. The number of halogens is 2. The van der Waals surface area contributed by atoms with Crippen molar-refractivity contribution >= 4 is 15.9 Å². The first-order valence-corrected chi connectivity index (χ1v) is 4.25. The van der Waals surface area contributed by atoms with Gasteiger partial charge in [0, 0.05) is 12.1 Å². The van der Waals surface area contributed by atoms with Gasteiger partial charge < -0.3 is 9.84 Å². The molecule has 0 aliphatic rings. The van der Waals surface area contributed by atoms with Gasteiger partial charge in [0.15, 0.2) is 11.6 Å². The van der Waals surface area contributed by atoms with Crippen LogP contribution in [0, 0.1) is 5.82 Å². The van der Waals surface area contributed by atoms with Crippen LogP contribution in [0.4, 0.5) is 4.39 Å². The van der Waals surface area contributed by atoms with Crippen molar-refractivity contribution in [3.05, 3.63) is 22.4 Å². The number of rotatable bonds is 2. The number of phenolic OH excluding ortho intramolecular Hbond substituents is 1. The van der Waals surface area contributed by atoms with Crippen molar-refractivity contribution in [3.63, 3.8) is 0 Å². The Morgan fingerprint density at radius 1 is 1.58 bits per heavy atom. The first-order valence-electron chi connectivity index (χ1n) is 3.46. The van der Waals surface area contributed by atoms with E-state index in [-0.39, 0.29) is 5.75 Å². The summed E-state index contributed by atoms with van der Waals surface area (Å²) < 4.78 is 18.4. The first kappa shape index (κ1) is 9.32. The molecule has 1 N–H and O–H groups in total. The van der Waals surface area contributed by atoms with Gasteiger partial charge in [-0.05, 0) is 22.9 Å². The Morgan fingerprint density at radius 2 is 2.25 bits per heavy atom. The predicted molar refractivity (Wildman–Crippen MR) is 46.9 cm³/mol. The van der Waals surface area contributed by atoms with Crippen LogP contribution in [0.25, 0.3) is 0 Å². The maximum absolute atomic E-state index is 12.7. The zero-order chi connectivity index (χ0) is 9.14. The third-order valence-electron chi connectivity index (χ3n) is 1.30. The molecule has 66 valence electrons. The quantitative estimate of drug-likeness (QED) is 0.853. The lowest BCUT2D eigenvalue weighted by Crippen LogP contribution is -1.93. The molecule has 0 aliphatic carbocycles. The van der Waals surface area contributed by atoms with Gasteiger partial charge >= 0.3 is 0 Å². The number of ether oxygens (including phenoxy) is 1. The molecule has 1 aromatic rings. The Morgan fingerprint density at radius 3 is 2.83 bits per heavy atom. The maximum atomic E-state index is 12.7. The highest BCUT2D eigenvalue weighted by molar-refractivity contribution is 9.10. The zero-order valence-electron chi connectivity index (χ0n) is 6.47. The molecule has 0 heterocycles. The van der Waals surface area contributed by atoms with E-state index in [0.29, 0.717) is 16.8 Å². The topological polar surface area (TPSA) is 29.5 Å². The van der Waals surface area contributed by atoms with Gasteiger partial charge in [-0.2, -0.15) is 0 Å². The molecule has 0 saturated heterocycles. The van der Waals surface area contributed by atoms with Crippen molar-refractivity contribution in [2.24, 2.45) is 0 Å². The van der Waals surface area contributed by atoms with Crippen LogP contribution in [0.5, 0.6) is 11.5 Å². The first-order chi connectivity index (χ1) is 5.65. The predicted octanol–water partition coefficient (Wildman–Crippen LogP) is 2.69. The lowest BCUT2D eigenvalue weighted by atomic mass is 10.3. The summed E-state index contributed by atoms with van der Waals surface area (Å²) in [6.07, 6.45) is 0. The van der Waals surface area contributed by atoms with E-state index in [1.54, 1.807) is 6.92 Å². The molecule has 1 aromatic carbocycles. The lowest BCUT2D eigenvalue weighted by molar-refractivity contribution is 0.333. The molecule has 0 atom stereocenters. The minimum Gasteiger partial charge on any atom is -0.505 e. The minimum atomic E-state index is -0.679. The summed E-state index contributed by atoms with van der Waals surface area (Å²) in [5.41, 5.74) is 0. The van der Waals surface area contributed by atoms with Crippen molar-refractivity contribution in [1.29, 1.82) is 0 Å². The second kappa shape index (κ2) is 3.76. The molecule has 2 nitrogen and oxygen atoms in total. The van der Waals surface area contributed by atoms with Gasteiger partial charge in [-0.25, -0.2) is 4.39 Å². The van der Waals surface area contributed by atoms with Crippen molar-refractivity contribution in [1.82, 2.24) is 0 Å². The molecule has 0 radical (unpaired) electrons. The van der Waals surface area contributed by atoms with E-state index in [1.807, 2.05) is 0 Å². The van der Waals surface area contributed by atoms with Gasteiger partial charge in [0.2, 0.25) is 0 Å². The van der Waals surface area contributed by atoms with Gasteiger partial charge in [-0.1, -0.05) is 0 Å².